The number of carbonyl (C=O) groups is 1. The van der Waals surface area contributed by atoms with Gasteiger partial charge in [-0.15, -0.1) is 24.0 Å². The van der Waals surface area contributed by atoms with E-state index in [0.717, 1.165) is 45.0 Å². The molecule has 180 valence electrons. The predicted octanol–water partition coefficient (Wildman–Crippen LogP) is 3.99. The van der Waals surface area contributed by atoms with E-state index in [-0.39, 0.29) is 29.9 Å². The Morgan fingerprint density at radius 3 is 2.47 bits per heavy atom. The van der Waals surface area contributed by atoms with Crippen LogP contribution < -0.4 is 10.6 Å². The minimum Gasteiger partial charge on any atom is -0.359 e. The molecule has 2 aliphatic rings. The van der Waals surface area contributed by atoms with E-state index in [1.54, 1.807) is 7.05 Å². The first-order chi connectivity index (χ1) is 15.1. The van der Waals surface area contributed by atoms with E-state index >= 15 is 0 Å². The zero-order valence-corrected chi connectivity index (χ0v) is 22.4. The van der Waals surface area contributed by atoms with Gasteiger partial charge in [-0.2, -0.15) is 0 Å². The monoisotopic (exact) mass is 555 g/mol. The highest BCUT2D eigenvalue weighted by Crippen LogP contribution is 2.22. The number of piperidine rings is 2. The number of guanidine groups is 1. The molecule has 0 saturated carbocycles. The molecule has 2 fully saturated rings. The molecule has 0 radical (unpaired) electrons. The van der Waals surface area contributed by atoms with E-state index in [1.807, 2.05) is 0 Å². The van der Waals surface area contributed by atoms with E-state index in [1.165, 1.54) is 36.9 Å². The van der Waals surface area contributed by atoms with Crippen molar-refractivity contribution in [1.29, 1.82) is 0 Å². The van der Waals surface area contributed by atoms with E-state index in [0.29, 0.717) is 24.9 Å². The lowest BCUT2D eigenvalue weighted by Crippen LogP contribution is -2.46. The number of rotatable bonds is 7. The van der Waals surface area contributed by atoms with Gasteiger partial charge in [-0.1, -0.05) is 30.7 Å². The summed E-state index contributed by atoms with van der Waals surface area (Å²) in [5.41, 5.74) is 2.73. The average Bonchev–Trinajstić information content (AvgIpc) is 2.79. The van der Waals surface area contributed by atoms with E-state index in [4.69, 9.17) is 4.99 Å². The summed E-state index contributed by atoms with van der Waals surface area (Å²) in [5.74, 6) is 1.63. The minimum atomic E-state index is 0. The van der Waals surface area contributed by atoms with Crippen LogP contribution in [0.25, 0.3) is 0 Å². The summed E-state index contributed by atoms with van der Waals surface area (Å²) >= 11 is 0. The normalized spacial score (nSPS) is 20.5. The van der Waals surface area contributed by atoms with Crippen LogP contribution in [0.3, 0.4) is 0 Å². The summed E-state index contributed by atoms with van der Waals surface area (Å²) in [4.78, 5) is 21.7. The number of nitrogens with one attached hydrogen (secondary N) is 2. The third-order valence-electron chi connectivity index (χ3n) is 6.83. The van der Waals surface area contributed by atoms with Crippen molar-refractivity contribution < 1.29 is 4.79 Å². The van der Waals surface area contributed by atoms with Crippen LogP contribution in [0.2, 0.25) is 0 Å². The summed E-state index contributed by atoms with van der Waals surface area (Å²) in [6.07, 6.45) is 6.70. The van der Waals surface area contributed by atoms with Crippen LogP contribution in [0.5, 0.6) is 0 Å². The van der Waals surface area contributed by atoms with Crippen LogP contribution in [-0.4, -0.2) is 60.9 Å². The Kier molecular flexibility index (Phi) is 11.8. The zero-order chi connectivity index (χ0) is 22.1. The lowest BCUT2D eigenvalue weighted by Gasteiger charge is -2.34. The average molecular weight is 556 g/mol. The zero-order valence-electron chi connectivity index (χ0n) is 20.1. The van der Waals surface area contributed by atoms with Gasteiger partial charge < -0.3 is 15.5 Å². The molecule has 2 saturated heterocycles. The van der Waals surface area contributed by atoms with Crippen LogP contribution >= 0.6 is 24.0 Å². The van der Waals surface area contributed by atoms with Crippen molar-refractivity contribution >= 4 is 35.8 Å². The van der Waals surface area contributed by atoms with E-state index in [2.05, 4.69) is 58.5 Å². The third kappa shape index (κ3) is 7.90. The Labute approximate surface area is 211 Å². The molecule has 0 aliphatic carbocycles. The molecule has 0 bridgehead atoms. The highest BCUT2D eigenvalue weighted by Gasteiger charge is 2.23. The molecular weight excluding hydrogens is 513 g/mol. The van der Waals surface area contributed by atoms with Crippen molar-refractivity contribution in [3.05, 3.63) is 35.4 Å². The van der Waals surface area contributed by atoms with Gasteiger partial charge in [0, 0.05) is 45.7 Å². The molecule has 1 amide bonds. The maximum absolute atomic E-state index is 11.7. The number of hydrogen-bond acceptors (Lipinski definition) is 3. The van der Waals surface area contributed by atoms with Crippen molar-refractivity contribution in [2.75, 3.05) is 33.2 Å². The topological polar surface area (TPSA) is 60.0 Å². The Bertz CT molecular complexity index is 733. The standard InChI is InChI=1S/C25H41N5O.HI/c1-4-27-25(29-15-12-21(13-16-29)17-24(31)26-3)28-18-22-10-5-6-11-23(22)19-30-14-8-7-9-20(30)2;/h5-6,10-11,20-21H,4,7-9,12-19H2,1-3H3,(H,26,31)(H,27,28);1H. The van der Waals surface area contributed by atoms with Crippen molar-refractivity contribution in [3.8, 4) is 0 Å². The van der Waals surface area contributed by atoms with Gasteiger partial charge in [-0.05, 0) is 63.1 Å². The Morgan fingerprint density at radius 1 is 1.09 bits per heavy atom. The lowest BCUT2D eigenvalue weighted by atomic mass is 9.93. The molecule has 1 aromatic carbocycles. The number of benzene rings is 1. The highest BCUT2D eigenvalue weighted by atomic mass is 127. The van der Waals surface area contributed by atoms with Crippen LogP contribution in [0.15, 0.2) is 29.3 Å². The van der Waals surface area contributed by atoms with Gasteiger partial charge in [0.1, 0.15) is 0 Å². The predicted molar refractivity (Wildman–Crippen MR) is 143 cm³/mol. The fraction of sp³-hybridized carbons (Fsp3) is 0.680. The maximum Gasteiger partial charge on any atom is 0.220 e. The molecular formula is C25H42IN5O. The number of amides is 1. The van der Waals surface area contributed by atoms with E-state index < -0.39 is 0 Å². The fourth-order valence-corrected chi connectivity index (χ4v) is 4.78. The van der Waals surface area contributed by atoms with Gasteiger partial charge in [0.2, 0.25) is 5.91 Å². The summed E-state index contributed by atoms with van der Waals surface area (Å²) < 4.78 is 0. The number of likely N-dealkylation sites (tertiary alicyclic amines) is 2. The third-order valence-corrected chi connectivity index (χ3v) is 6.83. The number of hydrogen-bond donors (Lipinski definition) is 2. The highest BCUT2D eigenvalue weighted by molar-refractivity contribution is 14.0. The molecule has 0 spiro atoms. The summed E-state index contributed by atoms with van der Waals surface area (Å²) in [5, 5.41) is 6.23. The molecule has 7 heteroatoms. The Morgan fingerprint density at radius 2 is 1.81 bits per heavy atom. The van der Waals surface area contributed by atoms with E-state index in [9.17, 15) is 4.79 Å². The Hall–Kier alpha value is -1.35. The van der Waals surface area contributed by atoms with Crippen LogP contribution in [0.4, 0.5) is 0 Å². The van der Waals surface area contributed by atoms with Crippen LogP contribution in [0, 0.1) is 5.92 Å². The molecule has 3 rings (SSSR count). The first kappa shape index (κ1) is 26.9. The second-order valence-corrected chi connectivity index (χ2v) is 9.06. The van der Waals surface area contributed by atoms with Gasteiger partial charge in [-0.3, -0.25) is 9.69 Å². The first-order valence-corrected chi connectivity index (χ1v) is 12.1. The molecule has 2 N–H and O–H groups in total. The largest absolute Gasteiger partial charge is 0.359 e. The maximum atomic E-state index is 11.7. The summed E-state index contributed by atoms with van der Waals surface area (Å²) in [6.45, 7) is 10.2. The van der Waals surface area contributed by atoms with Crippen molar-refractivity contribution in [1.82, 2.24) is 20.4 Å². The minimum absolute atomic E-state index is 0. The molecule has 1 aromatic rings. The molecule has 0 aromatic heterocycles. The number of aliphatic imine (C=N–C) groups is 1. The van der Waals surface area contributed by atoms with Crippen molar-refractivity contribution in [3.63, 3.8) is 0 Å². The number of halogens is 1. The van der Waals surface area contributed by atoms with Gasteiger partial charge >= 0.3 is 0 Å². The van der Waals surface area contributed by atoms with Gasteiger partial charge in [0.25, 0.3) is 0 Å². The summed E-state index contributed by atoms with van der Waals surface area (Å²) in [7, 11) is 1.72. The second-order valence-electron chi connectivity index (χ2n) is 9.06. The molecule has 2 aliphatic heterocycles. The molecule has 1 unspecified atom stereocenters. The quantitative estimate of drug-likeness (QED) is 0.304. The van der Waals surface area contributed by atoms with Gasteiger partial charge in [0.05, 0.1) is 6.54 Å². The molecule has 1 atom stereocenters. The number of nitrogens with zero attached hydrogens (tertiary/aromatic N) is 3. The van der Waals surface area contributed by atoms with Gasteiger partial charge in [0.15, 0.2) is 5.96 Å². The molecule has 6 nitrogen and oxygen atoms in total. The van der Waals surface area contributed by atoms with Gasteiger partial charge in [-0.25, -0.2) is 4.99 Å². The van der Waals surface area contributed by atoms with Crippen LogP contribution in [0.1, 0.15) is 63.5 Å². The lowest BCUT2D eigenvalue weighted by molar-refractivity contribution is -0.121. The smallest absolute Gasteiger partial charge is 0.220 e. The number of carbonyl (C=O) groups excluding carboxylic acids is 1. The van der Waals surface area contributed by atoms with Crippen LogP contribution in [-0.2, 0) is 17.9 Å². The molecule has 32 heavy (non-hydrogen) atoms. The van der Waals surface area contributed by atoms with Crippen molar-refractivity contribution in [2.24, 2.45) is 10.9 Å². The molecule has 2 heterocycles. The second kappa shape index (κ2) is 14.0. The summed E-state index contributed by atoms with van der Waals surface area (Å²) in [6, 6.07) is 9.44. The van der Waals surface area contributed by atoms with Crippen molar-refractivity contribution in [2.45, 2.75) is 71.5 Å². The Balaban J connectivity index is 0.00000363. The first-order valence-electron chi connectivity index (χ1n) is 12.1. The fourth-order valence-electron chi connectivity index (χ4n) is 4.78. The SMILES string of the molecule is CCNC(=NCc1ccccc1CN1CCCCC1C)N1CCC(CC(=O)NC)CC1.I.